The van der Waals surface area contributed by atoms with Gasteiger partial charge in [0.05, 0.1) is 11.6 Å². The Bertz CT molecular complexity index is 676. The minimum atomic E-state index is -0.899. The second-order valence-corrected chi connectivity index (χ2v) is 8.60. The minimum absolute atomic E-state index is 0.232. The Hall–Kier alpha value is -1.99. The zero-order chi connectivity index (χ0) is 21.2. The highest BCUT2D eigenvalue weighted by molar-refractivity contribution is 8.00. The highest BCUT2D eigenvalue weighted by Crippen LogP contribution is 2.20. The average molecular weight is 414 g/mol. The van der Waals surface area contributed by atoms with Crippen LogP contribution < -0.4 is 0 Å². The summed E-state index contributed by atoms with van der Waals surface area (Å²) in [5.74, 6) is -0.115. The molecule has 29 heavy (non-hydrogen) atoms. The SMILES string of the molecule is CCCCCCCCCC=CC=CC(Cc1cccc(C(=O)O)c1)SCCC#N. The lowest BCUT2D eigenvalue weighted by Crippen LogP contribution is -2.06. The fourth-order valence-corrected chi connectivity index (χ4v) is 4.11. The van der Waals surface area contributed by atoms with Gasteiger partial charge in [0.15, 0.2) is 0 Å². The highest BCUT2D eigenvalue weighted by Gasteiger charge is 2.09. The number of nitriles is 1. The number of allylic oxidation sites excluding steroid dienone is 3. The molecule has 1 aromatic rings. The van der Waals surface area contributed by atoms with Gasteiger partial charge in [-0.3, -0.25) is 0 Å². The number of carbonyl (C=O) groups is 1. The van der Waals surface area contributed by atoms with E-state index in [1.165, 1.54) is 44.9 Å². The van der Waals surface area contributed by atoms with Gasteiger partial charge in [0.1, 0.15) is 0 Å². The molecule has 3 nitrogen and oxygen atoms in total. The standard InChI is InChI=1S/C25H35NO2S/c1-2-3-4-5-6-7-8-9-10-11-12-17-24(29-19-14-18-26)21-22-15-13-16-23(20-22)25(27)28/h10-13,15-17,20,24H,2-9,14,19,21H2,1H3,(H,27,28). The lowest BCUT2D eigenvalue weighted by molar-refractivity contribution is 0.0696. The third kappa shape index (κ3) is 13.0. The maximum Gasteiger partial charge on any atom is 0.335 e. The van der Waals surface area contributed by atoms with E-state index in [0.717, 1.165) is 24.2 Å². The molecule has 0 aromatic heterocycles. The Morgan fingerprint density at radius 3 is 2.66 bits per heavy atom. The van der Waals surface area contributed by atoms with Crippen LogP contribution in [-0.4, -0.2) is 22.1 Å². The first kappa shape index (κ1) is 25.0. The summed E-state index contributed by atoms with van der Waals surface area (Å²) in [5, 5.41) is 18.2. The van der Waals surface area contributed by atoms with Gasteiger partial charge in [-0.1, -0.05) is 81.9 Å². The van der Waals surface area contributed by atoms with Crippen molar-refractivity contribution in [1.82, 2.24) is 0 Å². The number of hydrogen-bond acceptors (Lipinski definition) is 3. The van der Waals surface area contributed by atoms with E-state index in [9.17, 15) is 4.79 Å². The molecule has 0 bridgehead atoms. The van der Waals surface area contributed by atoms with Crippen molar-refractivity contribution < 1.29 is 9.90 Å². The number of hydrogen-bond donors (Lipinski definition) is 1. The number of unbranched alkanes of at least 4 members (excludes halogenated alkanes) is 7. The maximum atomic E-state index is 11.2. The predicted octanol–water partition coefficient (Wildman–Crippen LogP) is 7.20. The van der Waals surface area contributed by atoms with Gasteiger partial charge in [-0.25, -0.2) is 4.79 Å². The molecule has 1 N–H and O–H groups in total. The summed E-state index contributed by atoms with van der Waals surface area (Å²) in [4.78, 5) is 11.2. The summed E-state index contributed by atoms with van der Waals surface area (Å²) in [6, 6.07) is 9.30. The van der Waals surface area contributed by atoms with Crippen LogP contribution in [0.2, 0.25) is 0 Å². The predicted molar refractivity (Wildman–Crippen MR) is 124 cm³/mol. The Kier molecular flexibility index (Phi) is 14.6. The highest BCUT2D eigenvalue weighted by atomic mass is 32.2. The topological polar surface area (TPSA) is 61.1 Å². The van der Waals surface area contributed by atoms with Crippen LogP contribution in [0.1, 0.15) is 80.6 Å². The summed E-state index contributed by atoms with van der Waals surface area (Å²) in [6.45, 7) is 2.25. The number of carboxylic acids is 1. The normalized spacial score (nSPS) is 12.4. The third-order valence-corrected chi connectivity index (χ3v) is 5.90. The first-order valence-electron chi connectivity index (χ1n) is 10.8. The number of carboxylic acid groups (broad SMARTS) is 1. The molecule has 4 heteroatoms. The quantitative estimate of drug-likeness (QED) is 0.230. The largest absolute Gasteiger partial charge is 0.478 e. The molecule has 158 valence electrons. The Morgan fingerprint density at radius 2 is 1.93 bits per heavy atom. The summed E-state index contributed by atoms with van der Waals surface area (Å²) in [7, 11) is 0. The molecule has 1 atom stereocenters. The second-order valence-electron chi connectivity index (χ2n) is 7.25. The number of aromatic carboxylic acids is 1. The molecule has 0 saturated carbocycles. The molecule has 0 radical (unpaired) electrons. The van der Waals surface area contributed by atoms with E-state index in [4.69, 9.17) is 10.4 Å². The summed E-state index contributed by atoms with van der Waals surface area (Å²) < 4.78 is 0. The first-order chi connectivity index (χ1) is 14.2. The number of thioether (sulfide) groups is 1. The molecular weight excluding hydrogens is 378 g/mol. The summed E-state index contributed by atoms with van der Waals surface area (Å²) >= 11 is 1.75. The van der Waals surface area contributed by atoms with Gasteiger partial charge < -0.3 is 5.11 Å². The molecule has 0 fully saturated rings. The molecule has 1 unspecified atom stereocenters. The van der Waals surface area contributed by atoms with E-state index in [-0.39, 0.29) is 5.25 Å². The van der Waals surface area contributed by atoms with Gasteiger partial charge in [0.25, 0.3) is 0 Å². The van der Waals surface area contributed by atoms with Crippen LogP contribution in [0, 0.1) is 11.3 Å². The van der Waals surface area contributed by atoms with E-state index < -0.39 is 5.97 Å². The van der Waals surface area contributed by atoms with Crippen molar-refractivity contribution in [3.8, 4) is 6.07 Å². The maximum absolute atomic E-state index is 11.2. The monoisotopic (exact) mass is 413 g/mol. The van der Waals surface area contributed by atoms with E-state index in [1.807, 2.05) is 6.07 Å². The summed E-state index contributed by atoms with van der Waals surface area (Å²) in [5.41, 5.74) is 1.33. The summed E-state index contributed by atoms with van der Waals surface area (Å²) in [6.07, 6.45) is 20.3. The van der Waals surface area contributed by atoms with E-state index in [2.05, 4.69) is 37.3 Å². The van der Waals surface area contributed by atoms with Crippen molar-refractivity contribution in [3.63, 3.8) is 0 Å². The van der Waals surface area contributed by atoms with Gasteiger partial charge in [-0.2, -0.15) is 17.0 Å². The Labute approximate surface area is 180 Å². The molecule has 0 heterocycles. The molecule has 1 rings (SSSR count). The second kappa shape index (κ2) is 16.9. The van der Waals surface area contributed by atoms with E-state index in [0.29, 0.717) is 12.0 Å². The van der Waals surface area contributed by atoms with E-state index in [1.54, 1.807) is 30.0 Å². The Morgan fingerprint density at radius 1 is 1.17 bits per heavy atom. The molecule has 0 amide bonds. The molecule has 1 aromatic carbocycles. The number of nitrogens with zero attached hydrogens (tertiary/aromatic N) is 1. The van der Waals surface area contributed by atoms with Crippen LogP contribution in [0.25, 0.3) is 0 Å². The van der Waals surface area contributed by atoms with Crippen molar-refractivity contribution in [2.24, 2.45) is 0 Å². The van der Waals surface area contributed by atoms with Gasteiger partial charge in [0.2, 0.25) is 0 Å². The lowest BCUT2D eigenvalue weighted by atomic mass is 10.1. The van der Waals surface area contributed by atoms with E-state index >= 15 is 0 Å². The van der Waals surface area contributed by atoms with Crippen molar-refractivity contribution >= 4 is 17.7 Å². The first-order valence-corrected chi connectivity index (χ1v) is 11.9. The van der Waals surface area contributed by atoms with Crippen LogP contribution in [-0.2, 0) is 6.42 Å². The van der Waals surface area contributed by atoms with Gasteiger partial charge >= 0.3 is 5.97 Å². The fraction of sp³-hybridized carbons (Fsp3) is 0.520. The van der Waals surface area contributed by atoms with Crippen LogP contribution in [0.15, 0.2) is 48.6 Å². The zero-order valence-electron chi connectivity index (χ0n) is 17.7. The molecular formula is C25H35NO2S. The molecule has 0 aliphatic carbocycles. The minimum Gasteiger partial charge on any atom is -0.478 e. The van der Waals surface area contributed by atoms with Gasteiger partial charge in [0, 0.05) is 17.4 Å². The number of rotatable bonds is 16. The Balaban J connectivity index is 2.44. The van der Waals surface area contributed by atoms with Gasteiger partial charge in [-0.05, 0) is 37.0 Å². The van der Waals surface area contributed by atoms with Crippen LogP contribution in [0.3, 0.4) is 0 Å². The smallest absolute Gasteiger partial charge is 0.335 e. The average Bonchev–Trinajstić information content (AvgIpc) is 2.72. The van der Waals surface area contributed by atoms with Crippen molar-refractivity contribution in [2.75, 3.05) is 5.75 Å². The molecule has 0 aliphatic rings. The van der Waals surface area contributed by atoms with Crippen LogP contribution in [0.5, 0.6) is 0 Å². The number of benzene rings is 1. The van der Waals surface area contributed by atoms with Crippen LogP contribution in [0.4, 0.5) is 0 Å². The zero-order valence-corrected chi connectivity index (χ0v) is 18.5. The molecule has 0 saturated heterocycles. The van der Waals surface area contributed by atoms with Crippen molar-refractivity contribution in [1.29, 1.82) is 5.26 Å². The van der Waals surface area contributed by atoms with Crippen molar-refractivity contribution in [2.45, 2.75) is 76.4 Å². The fourth-order valence-electron chi connectivity index (χ4n) is 3.08. The van der Waals surface area contributed by atoms with Crippen LogP contribution >= 0.6 is 11.8 Å². The molecule has 0 spiro atoms. The van der Waals surface area contributed by atoms with Crippen molar-refractivity contribution in [3.05, 3.63) is 59.7 Å². The lowest BCUT2D eigenvalue weighted by Gasteiger charge is -2.12. The third-order valence-electron chi connectivity index (χ3n) is 4.70. The molecule has 0 aliphatic heterocycles. The van der Waals surface area contributed by atoms with Gasteiger partial charge in [-0.15, -0.1) is 0 Å².